The van der Waals surface area contributed by atoms with Crippen LogP contribution in [0.1, 0.15) is 6.92 Å². The van der Waals surface area contributed by atoms with Gasteiger partial charge >= 0.3 is 0 Å². The molecule has 0 spiro atoms. The van der Waals surface area contributed by atoms with Gasteiger partial charge in [-0.05, 0) is 53.8 Å². The van der Waals surface area contributed by atoms with Crippen LogP contribution in [0.3, 0.4) is 0 Å². The molecule has 0 bridgehead atoms. The minimum Gasteiger partial charge on any atom is -0.491 e. The molecule has 22 heavy (non-hydrogen) atoms. The maximum Gasteiger partial charge on any atom is 0.191 e. The number of hydrogen-bond acceptors (Lipinski definition) is 4. The van der Waals surface area contributed by atoms with Crippen molar-refractivity contribution in [3.8, 4) is 5.75 Å². The van der Waals surface area contributed by atoms with Crippen LogP contribution in [-0.4, -0.2) is 57.1 Å². The quantitative estimate of drug-likeness (QED) is 0.242. The first kappa shape index (κ1) is 19.0. The molecule has 0 aromatic heterocycles. The Kier molecular flexibility index (Phi) is 9.93. The molecule has 3 N–H and O–H groups in total. The molecule has 7 heteroatoms. The van der Waals surface area contributed by atoms with Crippen LogP contribution in [0.15, 0.2) is 29.3 Å². The van der Waals surface area contributed by atoms with Crippen LogP contribution < -0.4 is 15.4 Å². The summed E-state index contributed by atoms with van der Waals surface area (Å²) in [6.45, 7) is 4.49. The van der Waals surface area contributed by atoms with Crippen LogP contribution in [0.5, 0.6) is 5.75 Å². The van der Waals surface area contributed by atoms with Crippen molar-refractivity contribution in [1.29, 1.82) is 0 Å². The van der Waals surface area contributed by atoms with Crippen molar-refractivity contribution in [2.75, 3.05) is 40.0 Å². The number of benzene rings is 1. The molecule has 6 nitrogen and oxygen atoms in total. The molecule has 0 heterocycles. The lowest BCUT2D eigenvalue weighted by Gasteiger charge is -2.13. The number of hydrogen-bond donors (Lipinski definition) is 3. The SMILES string of the molecule is CCNC(=NCC(O)COc1ccc(I)cc1)NCCOC. The van der Waals surface area contributed by atoms with Crippen LogP contribution >= 0.6 is 22.6 Å². The molecule has 0 aliphatic heterocycles. The second-order valence-electron chi connectivity index (χ2n) is 4.56. The number of nitrogens with zero attached hydrogens (tertiary/aromatic N) is 1. The largest absolute Gasteiger partial charge is 0.491 e. The van der Waals surface area contributed by atoms with E-state index >= 15 is 0 Å². The van der Waals surface area contributed by atoms with Crippen molar-refractivity contribution in [1.82, 2.24) is 10.6 Å². The molecule has 124 valence electrons. The molecule has 1 aromatic carbocycles. The molecule has 0 aliphatic rings. The topological polar surface area (TPSA) is 75.1 Å². The number of nitrogens with one attached hydrogen (secondary N) is 2. The zero-order valence-electron chi connectivity index (χ0n) is 13.0. The van der Waals surface area contributed by atoms with Gasteiger partial charge in [-0.2, -0.15) is 0 Å². The fraction of sp³-hybridized carbons (Fsp3) is 0.533. The Bertz CT molecular complexity index is 440. The molecule has 1 atom stereocenters. The molecule has 0 fully saturated rings. The summed E-state index contributed by atoms with van der Waals surface area (Å²) in [7, 11) is 1.65. The standard InChI is InChI=1S/C15H24IN3O3/c1-3-17-15(18-8-9-21-2)19-10-13(20)11-22-14-6-4-12(16)5-7-14/h4-7,13,20H,3,8-11H2,1-2H3,(H2,17,18,19). The summed E-state index contributed by atoms with van der Waals surface area (Å²) < 4.78 is 11.7. The van der Waals surface area contributed by atoms with Gasteiger partial charge in [-0.1, -0.05) is 0 Å². The molecule has 1 rings (SSSR count). The molecule has 0 radical (unpaired) electrons. The third kappa shape index (κ3) is 8.40. The summed E-state index contributed by atoms with van der Waals surface area (Å²) in [6.07, 6.45) is -0.655. The van der Waals surface area contributed by atoms with E-state index in [4.69, 9.17) is 9.47 Å². The molecule has 0 saturated heterocycles. The molecule has 0 saturated carbocycles. The van der Waals surface area contributed by atoms with Gasteiger partial charge in [0.2, 0.25) is 0 Å². The first-order valence-corrected chi connectivity index (χ1v) is 8.31. The maximum absolute atomic E-state index is 9.94. The summed E-state index contributed by atoms with van der Waals surface area (Å²) in [5.74, 6) is 1.40. The van der Waals surface area contributed by atoms with Gasteiger partial charge < -0.3 is 25.2 Å². The predicted octanol–water partition coefficient (Wildman–Crippen LogP) is 1.23. The van der Waals surface area contributed by atoms with E-state index in [0.29, 0.717) is 19.1 Å². The van der Waals surface area contributed by atoms with Gasteiger partial charge in [0.05, 0.1) is 13.2 Å². The van der Waals surface area contributed by atoms with E-state index in [1.165, 1.54) is 0 Å². The van der Waals surface area contributed by atoms with Crippen molar-refractivity contribution < 1.29 is 14.6 Å². The summed E-state index contributed by atoms with van der Waals surface area (Å²) in [4.78, 5) is 4.32. The monoisotopic (exact) mass is 421 g/mol. The van der Waals surface area contributed by atoms with Crippen LogP contribution in [0, 0.1) is 3.57 Å². The van der Waals surface area contributed by atoms with Crippen LogP contribution in [0.4, 0.5) is 0 Å². The number of guanidine groups is 1. The number of rotatable bonds is 9. The minimum absolute atomic E-state index is 0.210. The van der Waals surface area contributed by atoms with Crippen molar-refractivity contribution in [3.63, 3.8) is 0 Å². The second-order valence-corrected chi connectivity index (χ2v) is 5.80. The van der Waals surface area contributed by atoms with E-state index in [-0.39, 0.29) is 13.2 Å². The lowest BCUT2D eigenvalue weighted by atomic mass is 10.3. The zero-order valence-corrected chi connectivity index (χ0v) is 15.2. The third-order valence-corrected chi connectivity index (χ3v) is 3.38. The van der Waals surface area contributed by atoms with E-state index < -0.39 is 6.10 Å². The van der Waals surface area contributed by atoms with Crippen molar-refractivity contribution in [3.05, 3.63) is 27.8 Å². The van der Waals surface area contributed by atoms with Crippen molar-refractivity contribution in [2.45, 2.75) is 13.0 Å². The normalized spacial score (nSPS) is 12.8. The average Bonchev–Trinajstić information content (AvgIpc) is 2.52. The number of aliphatic imine (C=N–C) groups is 1. The Morgan fingerprint density at radius 2 is 2.05 bits per heavy atom. The zero-order chi connectivity index (χ0) is 16.2. The Hall–Kier alpha value is -1.06. The van der Waals surface area contributed by atoms with E-state index in [2.05, 4.69) is 38.2 Å². The smallest absolute Gasteiger partial charge is 0.191 e. The molecule has 0 amide bonds. The van der Waals surface area contributed by atoms with Crippen molar-refractivity contribution in [2.24, 2.45) is 4.99 Å². The molecule has 0 aliphatic carbocycles. The van der Waals surface area contributed by atoms with Crippen molar-refractivity contribution >= 4 is 28.6 Å². The fourth-order valence-corrected chi connectivity index (χ4v) is 1.95. The molecular formula is C15H24IN3O3. The number of ether oxygens (including phenoxy) is 2. The van der Waals surface area contributed by atoms with Gasteiger partial charge in [0.15, 0.2) is 5.96 Å². The molecular weight excluding hydrogens is 397 g/mol. The van der Waals surface area contributed by atoms with Gasteiger partial charge in [0.25, 0.3) is 0 Å². The summed E-state index contributed by atoms with van der Waals surface area (Å²) >= 11 is 2.23. The van der Waals surface area contributed by atoms with Crippen LogP contribution in [0.2, 0.25) is 0 Å². The minimum atomic E-state index is -0.655. The Morgan fingerprint density at radius 3 is 2.68 bits per heavy atom. The Labute approximate surface area is 145 Å². The Morgan fingerprint density at radius 1 is 1.32 bits per heavy atom. The number of methoxy groups -OCH3 is 1. The first-order chi connectivity index (χ1) is 10.7. The van der Waals surface area contributed by atoms with E-state index in [1.807, 2.05) is 31.2 Å². The number of aliphatic hydroxyl groups is 1. The lowest BCUT2D eigenvalue weighted by Crippen LogP contribution is -2.39. The number of halogens is 1. The van der Waals surface area contributed by atoms with Gasteiger partial charge in [0.1, 0.15) is 18.5 Å². The summed E-state index contributed by atoms with van der Waals surface area (Å²) in [6, 6.07) is 7.69. The predicted molar refractivity (Wildman–Crippen MR) is 96.5 cm³/mol. The maximum atomic E-state index is 9.94. The highest BCUT2D eigenvalue weighted by molar-refractivity contribution is 14.1. The van der Waals surface area contributed by atoms with Crippen LogP contribution in [0.25, 0.3) is 0 Å². The summed E-state index contributed by atoms with van der Waals surface area (Å²) in [5.41, 5.74) is 0. The van der Waals surface area contributed by atoms with Gasteiger partial charge in [0, 0.05) is 23.8 Å². The average molecular weight is 421 g/mol. The highest BCUT2D eigenvalue weighted by Gasteiger charge is 2.06. The van der Waals surface area contributed by atoms with Gasteiger partial charge in [-0.15, -0.1) is 0 Å². The highest BCUT2D eigenvalue weighted by atomic mass is 127. The Balaban J connectivity index is 2.35. The lowest BCUT2D eigenvalue weighted by molar-refractivity contribution is 0.114. The first-order valence-electron chi connectivity index (χ1n) is 7.23. The highest BCUT2D eigenvalue weighted by Crippen LogP contribution is 2.13. The molecule has 1 aromatic rings. The van der Waals surface area contributed by atoms with E-state index in [9.17, 15) is 5.11 Å². The van der Waals surface area contributed by atoms with Gasteiger partial charge in [-0.3, -0.25) is 4.99 Å². The fourth-order valence-electron chi connectivity index (χ4n) is 1.59. The third-order valence-electron chi connectivity index (χ3n) is 2.66. The number of aliphatic hydroxyl groups excluding tert-OH is 1. The molecule has 1 unspecified atom stereocenters. The second kappa shape index (κ2) is 11.5. The van der Waals surface area contributed by atoms with Gasteiger partial charge in [-0.25, -0.2) is 0 Å². The van der Waals surface area contributed by atoms with Crippen LogP contribution in [-0.2, 0) is 4.74 Å². The summed E-state index contributed by atoms with van der Waals surface area (Å²) in [5, 5.41) is 16.2. The van der Waals surface area contributed by atoms with E-state index in [0.717, 1.165) is 15.9 Å². The van der Waals surface area contributed by atoms with E-state index in [1.54, 1.807) is 7.11 Å².